The van der Waals surface area contributed by atoms with Crippen LogP contribution in [0.1, 0.15) is 57.9 Å². The minimum Gasteiger partial charge on any atom is -0.336 e. The van der Waals surface area contributed by atoms with Crippen molar-refractivity contribution in [2.24, 2.45) is 34.5 Å². The molecular formula is C27H35FN2O2. The number of anilines is 1. The van der Waals surface area contributed by atoms with Gasteiger partial charge in [0.1, 0.15) is 0 Å². The highest BCUT2D eigenvalue weighted by Crippen LogP contribution is 2.65. The number of nitrogens with one attached hydrogen (secondary N) is 1. The number of rotatable bonds is 2. The van der Waals surface area contributed by atoms with E-state index >= 15 is 0 Å². The molecule has 0 saturated heterocycles. The number of carbonyl (C=O) groups excluding carboxylic acids is 2. The lowest BCUT2D eigenvalue weighted by Gasteiger charge is -2.60. The van der Waals surface area contributed by atoms with E-state index in [1.807, 2.05) is 31.2 Å². The second kappa shape index (κ2) is 7.43. The van der Waals surface area contributed by atoms with E-state index in [0.29, 0.717) is 17.8 Å². The second-order valence-corrected chi connectivity index (χ2v) is 11.3. The van der Waals surface area contributed by atoms with Gasteiger partial charge in [0, 0.05) is 30.1 Å². The molecule has 0 radical (unpaired) electrons. The zero-order valence-electron chi connectivity index (χ0n) is 19.7. The van der Waals surface area contributed by atoms with Crippen LogP contribution in [0.15, 0.2) is 36.2 Å². The summed E-state index contributed by atoms with van der Waals surface area (Å²) in [6, 6.07) is 8.07. The maximum absolute atomic E-state index is 14.6. The van der Waals surface area contributed by atoms with Crippen molar-refractivity contribution >= 4 is 17.5 Å². The third-order valence-corrected chi connectivity index (χ3v) is 9.76. The number of hydrogen-bond acceptors (Lipinski definition) is 2. The Morgan fingerprint density at radius 1 is 1.12 bits per heavy atom. The highest BCUT2D eigenvalue weighted by atomic mass is 19.1. The van der Waals surface area contributed by atoms with Gasteiger partial charge in [-0.2, -0.15) is 0 Å². The van der Waals surface area contributed by atoms with Crippen LogP contribution in [0.25, 0.3) is 0 Å². The van der Waals surface area contributed by atoms with E-state index in [-0.39, 0.29) is 28.7 Å². The number of aryl methyl sites for hydroxylation is 1. The zero-order chi connectivity index (χ0) is 22.8. The van der Waals surface area contributed by atoms with E-state index in [1.54, 1.807) is 18.0 Å². The van der Waals surface area contributed by atoms with E-state index < -0.39 is 11.7 Å². The van der Waals surface area contributed by atoms with Crippen LogP contribution in [-0.4, -0.2) is 29.8 Å². The van der Waals surface area contributed by atoms with Crippen molar-refractivity contribution in [3.63, 3.8) is 0 Å². The largest absolute Gasteiger partial charge is 0.336 e. The zero-order valence-corrected chi connectivity index (χ0v) is 19.7. The van der Waals surface area contributed by atoms with Gasteiger partial charge in [0.15, 0.2) is 5.83 Å². The Bertz CT molecular complexity index is 990. The molecule has 1 heterocycles. The van der Waals surface area contributed by atoms with Crippen molar-refractivity contribution in [1.82, 2.24) is 4.90 Å². The molecule has 2 amide bonds. The van der Waals surface area contributed by atoms with E-state index in [0.717, 1.165) is 49.8 Å². The number of hydrogen-bond donors (Lipinski definition) is 1. The maximum atomic E-state index is 14.6. The Labute approximate surface area is 190 Å². The smallest absolute Gasteiger partial charge is 0.282 e. The number of amides is 2. The summed E-state index contributed by atoms with van der Waals surface area (Å²) in [5.74, 6) is 0.418. The molecule has 1 aliphatic heterocycles. The van der Waals surface area contributed by atoms with Crippen LogP contribution in [-0.2, 0) is 9.59 Å². The Hall–Kier alpha value is -2.17. The van der Waals surface area contributed by atoms with Gasteiger partial charge in [0.05, 0.1) is 0 Å². The monoisotopic (exact) mass is 438 g/mol. The minimum atomic E-state index is -0.595. The summed E-state index contributed by atoms with van der Waals surface area (Å²) in [5.41, 5.74) is 1.68. The van der Waals surface area contributed by atoms with Gasteiger partial charge in [-0.1, -0.05) is 26.0 Å². The fourth-order valence-corrected chi connectivity index (χ4v) is 8.21. The number of fused-ring (bicyclic) bond motifs is 5. The molecule has 32 heavy (non-hydrogen) atoms. The highest BCUT2D eigenvalue weighted by molar-refractivity contribution is 5.93. The summed E-state index contributed by atoms with van der Waals surface area (Å²) in [6.45, 7) is 6.52. The van der Waals surface area contributed by atoms with E-state index in [4.69, 9.17) is 0 Å². The molecule has 3 aliphatic carbocycles. The number of carbonyl (C=O) groups is 2. The highest BCUT2D eigenvalue weighted by Gasteiger charge is 2.62. The SMILES string of the molecule is Cc1cccc(NC(=O)[C@H]2CC[C@H]3[C@@H]4CC[C@H]5N(C)C(=O)C(F)=C[C@]5(C)[C@H]4CC[C@]23C)c1. The number of benzene rings is 1. The quantitative estimate of drug-likeness (QED) is 0.664. The molecular weight excluding hydrogens is 403 g/mol. The lowest BCUT2D eigenvalue weighted by Crippen LogP contribution is -2.60. The van der Waals surface area contributed by atoms with Crippen LogP contribution in [0.4, 0.5) is 10.1 Å². The van der Waals surface area contributed by atoms with E-state index in [9.17, 15) is 14.0 Å². The third-order valence-electron chi connectivity index (χ3n) is 9.76. The molecule has 0 bridgehead atoms. The van der Waals surface area contributed by atoms with Crippen LogP contribution in [0.5, 0.6) is 0 Å². The van der Waals surface area contributed by atoms with Gasteiger partial charge in [-0.25, -0.2) is 4.39 Å². The molecule has 1 aromatic carbocycles. The molecule has 5 rings (SSSR count). The fourth-order valence-electron chi connectivity index (χ4n) is 8.21. The van der Waals surface area contributed by atoms with Crippen molar-refractivity contribution in [2.45, 2.75) is 65.3 Å². The van der Waals surface area contributed by atoms with Crippen LogP contribution < -0.4 is 5.32 Å². The van der Waals surface area contributed by atoms with Gasteiger partial charge in [0.25, 0.3) is 5.91 Å². The molecule has 0 aromatic heterocycles. The fraction of sp³-hybridized carbons (Fsp3) is 0.630. The first-order chi connectivity index (χ1) is 15.1. The summed E-state index contributed by atoms with van der Waals surface area (Å²) in [4.78, 5) is 27.2. The van der Waals surface area contributed by atoms with Crippen LogP contribution in [0, 0.1) is 41.4 Å². The molecule has 4 nitrogen and oxygen atoms in total. The second-order valence-electron chi connectivity index (χ2n) is 11.3. The van der Waals surface area contributed by atoms with Gasteiger partial charge in [-0.3, -0.25) is 9.59 Å². The van der Waals surface area contributed by atoms with Gasteiger partial charge in [-0.15, -0.1) is 0 Å². The summed E-state index contributed by atoms with van der Waals surface area (Å²) in [5, 5.41) is 3.18. The van der Waals surface area contributed by atoms with Crippen LogP contribution in [0.2, 0.25) is 0 Å². The molecule has 1 aromatic rings. The number of nitrogens with zero attached hydrogens (tertiary/aromatic N) is 1. The molecule has 1 N–H and O–H groups in total. The third kappa shape index (κ3) is 3.07. The topological polar surface area (TPSA) is 49.4 Å². The average molecular weight is 439 g/mol. The first-order valence-corrected chi connectivity index (χ1v) is 12.2. The molecule has 5 heteroatoms. The molecule has 172 valence electrons. The van der Waals surface area contributed by atoms with Crippen molar-refractivity contribution in [1.29, 1.82) is 0 Å². The van der Waals surface area contributed by atoms with E-state index in [1.165, 1.54) is 0 Å². The average Bonchev–Trinajstić information content (AvgIpc) is 3.09. The predicted molar refractivity (Wildman–Crippen MR) is 123 cm³/mol. The summed E-state index contributed by atoms with van der Waals surface area (Å²) in [7, 11) is 1.76. The Morgan fingerprint density at radius 2 is 1.91 bits per heavy atom. The van der Waals surface area contributed by atoms with Crippen molar-refractivity contribution in [3.05, 3.63) is 41.7 Å². The van der Waals surface area contributed by atoms with Crippen molar-refractivity contribution < 1.29 is 14.0 Å². The molecule has 3 fully saturated rings. The minimum absolute atomic E-state index is 0.0161. The van der Waals surface area contributed by atoms with Gasteiger partial charge in [0.2, 0.25) is 5.91 Å². The molecule has 0 unspecified atom stereocenters. The molecule has 0 spiro atoms. The Balaban J connectivity index is 1.39. The lowest BCUT2D eigenvalue weighted by molar-refractivity contribution is -0.144. The van der Waals surface area contributed by atoms with Crippen molar-refractivity contribution in [3.8, 4) is 0 Å². The number of halogens is 1. The standard InChI is InChI=1S/C27H35FN2O2/c1-16-6-5-7-17(14-16)29-24(31)21-10-9-19-18-8-11-23-27(3,15-22(28)25(32)30(23)4)20(18)12-13-26(19,21)2/h5-7,14-15,18-21,23H,8-13H2,1-4H3,(H,29,31)/t18-,19-,20-,21+,23+,26-,27+/m0/s1. The summed E-state index contributed by atoms with van der Waals surface area (Å²) < 4.78 is 14.6. The van der Waals surface area contributed by atoms with Crippen molar-refractivity contribution in [2.75, 3.05) is 12.4 Å². The van der Waals surface area contributed by atoms with Crippen LogP contribution in [0.3, 0.4) is 0 Å². The van der Waals surface area contributed by atoms with E-state index in [2.05, 4.69) is 19.2 Å². The Kier molecular flexibility index (Phi) is 5.03. The van der Waals surface area contributed by atoms with Gasteiger partial charge in [-0.05, 0) is 92.4 Å². The lowest BCUT2D eigenvalue weighted by atomic mass is 9.47. The number of likely N-dealkylation sites (N-methyl/N-ethyl adjacent to an activating group) is 1. The van der Waals surface area contributed by atoms with Gasteiger partial charge >= 0.3 is 0 Å². The Morgan fingerprint density at radius 3 is 2.66 bits per heavy atom. The maximum Gasteiger partial charge on any atom is 0.282 e. The first kappa shape index (κ1) is 21.7. The summed E-state index contributed by atoms with van der Waals surface area (Å²) >= 11 is 0. The first-order valence-electron chi connectivity index (χ1n) is 12.2. The predicted octanol–water partition coefficient (Wildman–Crippen LogP) is 5.49. The van der Waals surface area contributed by atoms with Gasteiger partial charge < -0.3 is 10.2 Å². The normalized spacial score (nSPS) is 40.8. The summed E-state index contributed by atoms with van der Waals surface area (Å²) in [6.07, 6.45) is 7.58. The molecule has 3 saturated carbocycles. The molecule has 7 atom stereocenters. The van der Waals surface area contributed by atoms with Crippen LogP contribution >= 0.6 is 0 Å². The molecule has 4 aliphatic rings.